The molecule has 126 valence electrons. The van der Waals surface area contributed by atoms with Crippen molar-refractivity contribution in [2.75, 3.05) is 12.8 Å². The average molecular weight is 336 g/mol. The number of hydrogen-bond donors (Lipinski definition) is 2. The molecule has 2 aliphatic rings. The third-order valence-electron chi connectivity index (χ3n) is 5.31. The number of fused-ring (bicyclic) bond motifs is 1. The SMILES string of the molecule is CS(=O)(=O)c1ccccc1CCNC(=O)C1C[C@@H]2C[C@H](N)[C@@H]2C1. The molecule has 5 nitrogen and oxygen atoms in total. The lowest BCUT2D eigenvalue weighted by molar-refractivity contribution is -0.124. The first-order valence-corrected chi connectivity index (χ1v) is 10.1. The van der Waals surface area contributed by atoms with Crippen LogP contribution in [0, 0.1) is 17.8 Å². The minimum absolute atomic E-state index is 0.0729. The second kappa shape index (κ2) is 6.24. The van der Waals surface area contributed by atoms with E-state index in [0.717, 1.165) is 24.8 Å². The van der Waals surface area contributed by atoms with Gasteiger partial charge in [-0.2, -0.15) is 0 Å². The van der Waals surface area contributed by atoms with E-state index in [0.29, 0.717) is 29.7 Å². The van der Waals surface area contributed by atoms with E-state index in [1.54, 1.807) is 18.2 Å². The van der Waals surface area contributed by atoms with Crippen molar-refractivity contribution in [3.05, 3.63) is 29.8 Å². The summed E-state index contributed by atoms with van der Waals surface area (Å²) in [6.07, 6.45) is 4.63. The minimum Gasteiger partial charge on any atom is -0.356 e. The summed E-state index contributed by atoms with van der Waals surface area (Å²) in [5.41, 5.74) is 6.72. The van der Waals surface area contributed by atoms with Crippen LogP contribution in [0.5, 0.6) is 0 Å². The highest BCUT2D eigenvalue weighted by molar-refractivity contribution is 7.90. The average Bonchev–Trinajstić information content (AvgIpc) is 2.84. The van der Waals surface area contributed by atoms with Gasteiger partial charge in [0, 0.05) is 24.8 Å². The fourth-order valence-electron chi connectivity index (χ4n) is 4.03. The van der Waals surface area contributed by atoms with Gasteiger partial charge in [-0.3, -0.25) is 4.79 Å². The summed E-state index contributed by atoms with van der Waals surface area (Å²) >= 11 is 0. The number of sulfone groups is 1. The van der Waals surface area contributed by atoms with E-state index in [-0.39, 0.29) is 17.9 Å². The topological polar surface area (TPSA) is 89.3 Å². The Morgan fingerprint density at radius 2 is 2.00 bits per heavy atom. The van der Waals surface area contributed by atoms with Crippen LogP contribution in [0.25, 0.3) is 0 Å². The first-order valence-electron chi connectivity index (χ1n) is 8.17. The quantitative estimate of drug-likeness (QED) is 0.843. The number of amides is 1. The summed E-state index contributed by atoms with van der Waals surface area (Å²) in [6.45, 7) is 0.462. The van der Waals surface area contributed by atoms with Crippen molar-refractivity contribution in [3.63, 3.8) is 0 Å². The largest absolute Gasteiger partial charge is 0.356 e. The van der Waals surface area contributed by atoms with Gasteiger partial charge in [0.05, 0.1) is 4.90 Å². The maximum atomic E-state index is 12.3. The molecule has 2 aliphatic carbocycles. The van der Waals surface area contributed by atoms with Gasteiger partial charge in [0.2, 0.25) is 5.91 Å². The predicted octanol–water partition coefficient (Wildman–Crippen LogP) is 1.12. The highest BCUT2D eigenvalue weighted by Crippen LogP contribution is 2.48. The summed E-state index contributed by atoms with van der Waals surface area (Å²) in [6, 6.07) is 7.23. The number of nitrogens with one attached hydrogen (secondary N) is 1. The van der Waals surface area contributed by atoms with Gasteiger partial charge in [-0.1, -0.05) is 18.2 Å². The number of carbonyl (C=O) groups is 1. The molecule has 0 bridgehead atoms. The lowest BCUT2D eigenvalue weighted by Gasteiger charge is -2.37. The highest BCUT2D eigenvalue weighted by atomic mass is 32.2. The summed E-state index contributed by atoms with van der Waals surface area (Å²) < 4.78 is 23.5. The molecule has 3 N–H and O–H groups in total. The Kier molecular flexibility index (Phi) is 4.47. The molecule has 2 saturated carbocycles. The molecular weight excluding hydrogens is 312 g/mol. The van der Waals surface area contributed by atoms with Crippen LogP contribution >= 0.6 is 0 Å². The second-order valence-corrected chi connectivity index (χ2v) is 8.90. The Morgan fingerprint density at radius 1 is 1.26 bits per heavy atom. The molecular formula is C17H24N2O3S. The molecule has 0 radical (unpaired) electrons. The summed E-state index contributed by atoms with van der Waals surface area (Å²) in [5.74, 6) is 1.32. The molecule has 1 amide bonds. The fourth-order valence-corrected chi connectivity index (χ4v) is 5.00. The van der Waals surface area contributed by atoms with Crippen molar-refractivity contribution in [3.8, 4) is 0 Å². The first-order chi connectivity index (χ1) is 10.9. The van der Waals surface area contributed by atoms with Gasteiger partial charge in [-0.05, 0) is 49.1 Å². The van der Waals surface area contributed by atoms with E-state index < -0.39 is 9.84 Å². The van der Waals surface area contributed by atoms with Crippen LogP contribution in [0.2, 0.25) is 0 Å². The molecule has 2 fully saturated rings. The number of benzene rings is 1. The normalized spacial score (nSPS) is 29.7. The lowest BCUT2D eigenvalue weighted by Crippen LogP contribution is -2.44. The zero-order valence-electron chi connectivity index (χ0n) is 13.4. The van der Waals surface area contributed by atoms with Crippen molar-refractivity contribution in [2.24, 2.45) is 23.5 Å². The standard InChI is InChI=1S/C17H24N2O3S/c1-23(21,22)16-5-3-2-4-11(16)6-7-19-17(20)13-8-12-10-15(18)14(12)9-13/h2-5,12-15H,6-10,18H2,1H3,(H,19,20)/t12-,13?,14-,15+/m1/s1. The van der Waals surface area contributed by atoms with Crippen LogP contribution in [0.1, 0.15) is 24.8 Å². The van der Waals surface area contributed by atoms with Gasteiger partial charge >= 0.3 is 0 Å². The molecule has 1 aromatic carbocycles. The van der Waals surface area contributed by atoms with Gasteiger partial charge in [0.15, 0.2) is 9.84 Å². The van der Waals surface area contributed by atoms with Gasteiger partial charge in [-0.25, -0.2) is 8.42 Å². The maximum Gasteiger partial charge on any atom is 0.223 e. The van der Waals surface area contributed by atoms with Crippen molar-refractivity contribution in [1.29, 1.82) is 0 Å². The van der Waals surface area contributed by atoms with Crippen LogP contribution in [-0.4, -0.2) is 33.2 Å². The van der Waals surface area contributed by atoms with E-state index >= 15 is 0 Å². The van der Waals surface area contributed by atoms with Crippen molar-refractivity contribution in [2.45, 2.75) is 36.6 Å². The van der Waals surface area contributed by atoms with Crippen LogP contribution in [0.3, 0.4) is 0 Å². The van der Waals surface area contributed by atoms with Gasteiger partial charge < -0.3 is 11.1 Å². The molecule has 6 heteroatoms. The Balaban J connectivity index is 1.53. The summed E-state index contributed by atoms with van der Waals surface area (Å²) in [5, 5.41) is 2.96. The Labute approximate surface area is 137 Å². The van der Waals surface area contributed by atoms with E-state index in [1.807, 2.05) is 6.07 Å². The molecule has 3 rings (SSSR count). The molecule has 0 saturated heterocycles. The maximum absolute atomic E-state index is 12.3. The van der Waals surface area contributed by atoms with E-state index in [1.165, 1.54) is 6.26 Å². The number of nitrogens with two attached hydrogens (primary N) is 1. The Bertz CT molecular complexity index is 702. The molecule has 1 unspecified atom stereocenters. The fraction of sp³-hybridized carbons (Fsp3) is 0.588. The summed E-state index contributed by atoms with van der Waals surface area (Å²) in [7, 11) is -3.24. The molecule has 1 aromatic rings. The van der Waals surface area contributed by atoms with Crippen LogP contribution in [-0.2, 0) is 21.1 Å². The van der Waals surface area contributed by atoms with Gasteiger partial charge in [0.25, 0.3) is 0 Å². The molecule has 0 heterocycles. The molecule has 0 aromatic heterocycles. The van der Waals surface area contributed by atoms with Gasteiger partial charge in [-0.15, -0.1) is 0 Å². The Hall–Kier alpha value is -1.40. The number of carbonyl (C=O) groups excluding carboxylic acids is 1. The third-order valence-corrected chi connectivity index (χ3v) is 6.51. The molecule has 0 aliphatic heterocycles. The number of hydrogen-bond acceptors (Lipinski definition) is 4. The smallest absolute Gasteiger partial charge is 0.223 e. The third kappa shape index (κ3) is 3.43. The van der Waals surface area contributed by atoms with E-state index in [9.17, 15) is 13.2 Å². The first kappa shape index (κ1) is 16.5. The number of rotatable bonds is 5. The zero-order chi connectivity index (χ0) is 16.6. The molecule has 23 heavy (non-hydrogen) atoms. The van der Waals surface area contributed by atoms with Gasteiger partial charge in [0.1, 0.15) is 0 Å². The van der Waals surface area contributed by atoms with E-state index in [2.05, 4.69) is 5.32 Å². The summed E-state index contributed by atoms with van der Waals surface area (Å²) in [4.78, 5) is 12.6. The van der Waals surface area contributed by atoms with Crippen LogP contribution in [0.15, 0.2) is 29.2 Å². The molecule has 4 atom stereocenters. The van der Waals surface area contributed by atoms with Crippen LogP contribution < -0.4 is 11.1 Å². The second-order valence-electron chi connectivity index (χ2n) is 6.91. The Morgan fingerprint density at radius 3 is 2.65 bits per heavy atom. The van der Waals surface area contributed by atoms with Crippen LogP contribution in [0.4, 0.5) is 0 Å². The predicted molar refractivity (Wildman–Crippen MR) is 88.6 cm³/mol. The lowest BCUT2D eigenvalue weighted by atomic mass is 9.72. The van der Waals surface area contributed by atoms with Crippen molar-refractivity contribution in [1.82, 2.24) is 5.32 Å². The monoisotopic (exact) mass is 336 g/mol. The van der Waals surface area contributed by atoms with Crippen molar-refractivity contribution >= 4 is 15.7 Å². The van der Waals surface area contributed by atoms with E-state index in [4.69, 9.17) is 5.73 Å². The van der Waals surface area contributed by atoms with Crippen molar-refractivity contribution < 1.29 is 13.2 Å². The molecule has 0 spiro atoms. The minimum atomic E-state index is -3.24. The zero-order valence-corrected chi connectivity index (χ0v) is 14.2. The highest BCUT2D eigenvalue weighted by Gasteiger charge is 2.47.